The van der Waals surface area contributed by atoms with Crippen LogP contribution in [0.15, 0.2) is 24.3 Å². The van der Waals surface area contributed by atoms with Crippen LogP contribution in [0, 0.1) is 0 Å². The van der Waals surface area contributed by atoms with Gasteiger partial charge in [0.05, 0.1) is 6.54 Å². The Morgan fingerprint density at radius 3 is 2.62 bits per heavy atom. The van der Waals surface area contributed by atoms with E-state index < -0.39 is 23.8 Å². The van der Waals surface area contributed by atoms with Crippen LogP contribution in [0.3, 0.4) is 0 Å². The van der Waals surface area contributed by atoms with Gasteiger partial charge in [-0.15, -0.1) is 0 Å². The third kappa shape index (κ3) is 5.83. The van der Waals surface area contributed by atoms with Crippen LogP contribution in [-0.2, 0) is 9.59 Å². The van der Waals surface area contributed by atoms with Crippen molar-refractivity contribution in [1.82, 2.24) is 10.6 Å². The van der Waals surface area contributed by atoms with Crippen molar-refractivity contribution in [1.29, 1.82) is 0 Å². The Balaban J connectivity index is 2.49. The molecule has 0 aromatic heterocycles. The van der Waals surface area contributed by atoms with E-state index in [1.165, 1.54) is 6.07 Å². The van der Waals surface area contributed by atoms with Crippen LogP contribution in [-0.4, -0.2) is 35.5 Å². The number of benzene rings is 1. The molecule has 0 fully saturated rings. The SMILES string of the molecule is CCCC(NC(=O)CNC(=O)c1cccc(Cl)c1)C(=O)O. The molecule has 1 rings (SSSR count). The van der Waals surface area contributed by atoms with Crippen molar-refractivity contribution in [2.24, 2.45) is 0 Å². The molecular weight excluding hydrogens is 296 g/mol. The highest BCUT2D eigenvalue weighted by molar-refractivity contribution is 6.30. The molecule has 1 aromatic rings. The highest BCUT2D eigenvalue weighted by Gasteiger charge is 2.19. The van der Waals surface area contributed by atoms with E-state index in [0.29, 0.717) is 23.4 Å². The minimum Gasteiger partial charge on any atom is -0.480 e. The minimum atomic E-state index is -1.09. The number of carboxylic acid groups (broad SMARTS) is 1. The van der Waals surface area contributed by atoms with Crippen molar-refractivity contribution in [3.8, 4) is 0 Å². The first-order valence-electron chi connectivity index (χ1n) is 6.50. The number of amides is 2. The van der Waals surface area contributed by atoms with Crippen molar-refractivity contribution >= 4 is 29.4 Å². The number of nitrogens with one attached hydrogen (secondary N) is 2. The quantitative estimate of drug-likeness (QED) is 0.710. The summed E-state index contributed by atoms with van der Waals surface area (Å²) >= 11 is 5.77. The number of carboxylic acids is 1. The Morgan fingerprint density at radius 1 is 1.33 bits per heavy atom. The second kappa shape index (κ2) is 8.26. The molecule has 1 aromatic carbocycles. The summed E-state index contributed by atoms with van der Waals surface area (Å²) in [7, 11) is 0. The molecule has 0 saturated carbocycles. The van der Waals surface area contributed by atoms with Gasteiger partial charge in [-0.05, 0) is 24.6 Å². The Kier molecular flexibility index (Phi) is 6.68. The van der Waals surface area contributed by atoms with Crippen LogP contribution >= 0.6 is 11.6 Å². The molecule has 0 spiro atoms. The number of hydrogen-bond donors (Lipinski definition) is 3. The highest BCUT2D eigenvalue weighted by atomic mass is 35.5. The fourth-order valence-corrected chi connectivity index (χ4v) is 1.87. The van der Waals surface area contributed by atoms with E-state index in [9.17, 15) is 14.4 Å². The first-order chi connectivity index (χ1) is 9.93. The number of hydrogen-bond acceptors (Lipinski definition) is 3. The Bertz CT molecular complexity index is 533. The van der Waals surface area contributed by atoms with Crippen molar-refractivity contribution in [3.63, 3.8) is 0 Å². The van der Waals surface area contributed by atoms with Gasteiger partial charge in [0.1, 0.15) is 6.04 Å². The van der Waals surface area contributed by atoms with E-state index in [-0.39, 0.29) is 6.54 Å². The third-order valence-corrected chi connectivity index (χ3v) is 2.94. The molecule has 0 saturated heterocycles. The smallest absolute Gasteiger partial charge is 0.326 e. The van der Waals surface area contributed by atoms with Crippen LogP contribution in [0.5, 0.6) is 0 Å². The zero-order valence-corrected chi connectivity index (χ0v) is 12.3. The van der Waals surface area contributed by atoms with E-state index in [4.69, 9.17) is 16.7 Å². The molecule has 7 heteroatoms. The van der Waals surface area contributed by atoms with E-state index in [0.717, 1.165) is 0 Å². The number of rotatable bonds is 7. The van der Waals surface area contributed by atoms with Gasteiger partial charge >= 0.3 is 5.97 Å². The highest BCUT2D eigenvalue weighted by Crippen LogP contribution is 2.10. The van der Waals surface area contributed by atoms with Gasteiger partial charge in [-0.1, -0.05) is 31.0 Å². The summed E-state index contributed by atoms with van der Waals surface area (Å²) < 4.78 is 0. The molecule has 0 aliphatic carbocycles. The first kappa shape index (κ1) is 17.0. The molecule has 1 unspecified atom stereocenters. The lowest BCUT2D eigenvalue weighted by molar-refractivity contribution is -0.141. The van der Waals surface area contributed by atoms with Gasteiger partial charge in [-0.2, -0.15) is 0 Å². The lowest BCUT2D eigenvalue weighted by Gasteiger charge is -2.13. The average Bonchev–Trinajstić information content (AvgIpc) is 2.44. The Hall–Kier alpha value is -2.08. The molecule has 2 amide bonds. The molecule has 21 heavy (non-hydrogen) atoms. The van der Waals surface area contributed by atoms with E-state index in [1.807, 2.05) is 6.92 Å². The maximum atomic E-state index is 11.8. The zero-order chi connectivity index (χ0) is 15.8. The van der Waals surface area contributed by atoms with Crippen LogP contribution in [0.4, 0.5) is 0 Å². The number of carbonyl (C=O) groups is 3. The van der Waals surface area contributed by atoms with Crippen LogP contribution in [0.2, 0.25) is 5.02 Å². The summed E-state index contributed by atoms with van der Waals surface area (Å²) in [6, 6.07) is 5.36. The molecule has 0 bridgehead atoms. The van der Waals surface area contributed by atoms with E-state index in [1.54, 1.807) is 18.2 Å². The summed E-state index contributed by atoms with van der Waals surface area (Å²) in [6.45, 7) is 1.53. The summed E-state index contributed by atoms with van der Waals surface area (Å²) in [5.41, 5.74) is 0.332. The predicted molar refractivity (Wildman–Crippen MR) is 78.3 cm³/mol. The van der Waals surface area contributed by atoms with E-state index in [2.05, 4.69) is 10.6 Å². The maximum absolute atomic E-state index is 11.8. The molecule has 0 radical (unpaired) electrons. The van der Waals surface area contributed by atoms with Crippen molar-refractivity contribution in [3.05, 3.63) is 34.9 Å². The molecular formula is C14H17ClN2O4. The molecule has 114 valence electrons. The summed E-state index contributed by atoms with van der Waals surface area (Å²) in [6.07, 6.45) is 0.968. The second-order valence-electron chi connectivity index (χ2n) is 4.44. The topological polar surface area (TPSA) is 95.5 Å². The largest absolute Gasteiger partial charge is 0.480 e. The number of halogens is 1. The summed E-state index contributed by atoms with van der Waals surface area (Å²) in [5, 5.41) is 14.1. The van der Waals surface area contributed by atoms with Gasteiger partial charge in [0.2, 0.25) is 5.91 Å². The van der Waals surface area contributed by atoms with Crippen LogP contribution in [0.25, 0.3) is 0 Å². The van der Waals surface area contributed by atoms with Crippen molar-refractivity contribution in [2.75, 3.05) is 6.54 Å². The first-order valence-corrected chi connectivity index (χ1v) is 6.87. The minimum absolute atomic E-state index is 0.293. The maximum Gasteiger partial charge on any atom is 0.326 e. The molecule has 1 atom stereocenters. The lowest BCUT2D eigenvalue weighted by Crippen LogP contribution is -2.45. The van der Waals surface area contributed by atoms with Gasteiger partial charge in [0.15, 0.2) is 0 Å². The Labute approximate surface area is 127 Å². The van der Waals surface area contributed by atoms with Gasteiger partial charge in [0.25, 0.3) is 5.91 Å². The molecule has 0 aliphatic heterocycles. The molecule has 6 nitrogen and oxygen atoms in total. The average molecular weight is 313 g/mol. The summed E-state index contributed by atoms with van der Waals surface area (Å²) in [4.78, 5) is 34.3. The number of aliphatic carboxylic acids is 1. The number of carbonyl (C=O) groups excluding carboxylic acids is 2. The van der Waals surface area contributed by atoms with Crippen molar-refractivity contribution in [2.45, 2.75) is 25.8 Å². The second-order valence-corrected chi connectivity index (χ2v) is 4.88. The summed E-state index contributed by atoms with van der Waals surface area (Å²) in [5.74, 6) is -2.09. The fraction of sp³-hybridized carbons (Fsp3) is 0.357. The Morgan fingerprint density at radius 2 is 2.05 bits per heavy atom. The van der Waals surface area contributed by atoms with E-state index >= 15 is 0 Å². The third-order valence-electron chi connectivity index (χ3n) is 2.71. The van der Waals surface area contributed by atoms with Gasteiger partial charge in [-0.3, -0.25) is 9.59 Å². The van der Waals surface area contributed by atoms with Crippen LogP contribution in [0.1, 0.15) is 30.1 Å². The van der Waals surface area contributed by atoms with Gasteiger partial charge in [0, 0.05) is 10.6 Å². The van der Waals surface area contributed by atoms with Gasteiger partial charge in [-0.25, -0.2) is 4.79 Å². The molecule has 0 aliphatic rings. The predicted octanol–water partition coefficient (Wildman–Crippen LogP) is 1.44. The molecule has 0 heterocycles. The zero-order valence-electron chi connectivity index (χ0n) is 11.6. The fourth-order valence-electron chi connectivity index (χ4n) is 1.68. The van der Waals surface area contributed by atoms with Gasteiger partial charge < -0.3 is 15.7 Å². The lowest BCUT2D eigenvalue weighted by atomic mass is 10.1. The monoisotopic (exact) mass is 312 g/mol. The standard InChI is InChI=1S/C14H17ClN2O4/c1-2-4-11(14(20)21)17-12(18)8-16-13(19)9-5-3-6-10(15)7-9/h3,5-7,11H,2,4,8H2,1H3,(H,16,19)(H,17,18)(H,20,21). The van der Waals surface area contributed by atoms with Crippen molar-refractivity contribution < 1.29 is 19.5 Å². The molecule has 3 N–H and O–H groups in total. The normalized spacial score (nSPS) is 11.5. The van der Waals surface area contributed by atoms with Crippen LogP contribution < -0.4 is 10.6 Å².